The van der Waals surface area contributed by atoms with Gasteiger partial charge in [0.25, 0.3) is 0 Å². The quantitative estimate of drug-likeness (QED) is 0.906. The molecular weight excluding hydrogens is 264 g/mol. The van der Waals surface area contributed by atoms with Gasteiger partial charge in [0.1, 0.15) is 0 Å². The highest BCUT2D eigenvalue weighted by Gasteiger charge is 2.25. The van der Waals surface area contributed by atoms with E-state index in [1.807, 2.05) is 6.07 Å². The zero-order valence-electron chi connectivity index (χ0n) is 11.4. The lowest BCUT2D eigenvalue weighted by molar-refractivity contribution is 0.145. The number of rotatable bonds is 4. The van der Waals surface area contributed by atoms with E-state index in [4.69, 9.17) is 11.6 Å². The Hall–Kier alpha value is -0.0900. The Kier molecular flexibility index (Phi) is 5.07. The molecule has 102 valence electrons. The first kappa shape index (κ1) is 14.3. The minimum absolute atomic E-state index is 0.485. The fourth-order valence-corrected chi connectivity index (χ4v) is 3.81. The van der Waals surface area contributed by atoms with Crippen molar-refractivity contribution in [2.24, 2.45) is 5.92 Å². The minimum atomic E-state index is 0.485. The van der Waals surface area contributed by atoms with Crippen molar-refractivity contribution in [3.63, 3.8) is 0 Å². The molecule has 2 rings (SSSR count). The number of hydrogen-bond acceptors (Lipinski definition) is 3. The Bertz CT molecular complexity index is 378. The third-order valence-corrected chi connectivity index (χ3v) is 5.00. The van der Waals surface area contributed by atoms with Gasteiger partial charge in [0, 0.05) is 36.6 Å². The maximum Gasteiger partial charge on any atom is 0.0931 e. The Morgan fingerprint density at radius 2 is 2.22 bits per heavy atom. The van der Waals surface area contributed by atoms with Crippen molar-refractivity contribution in [3.8, 4) is 0 Å². The van der Waals surface area contributed by atoms with Crippen LogP contribution in [0.25, 0.3) is 0 Å². The van der Waals surface area contributed by atoms with Gasteiger partial charge >= 0.3 is 0 Å². The number of hydrogen-bond donors (Lipinski definition) is 1. The molecule has 0 aliphatic carbocycles. The van der Waals surface area contributed by atoms with Crippen LogP contribution >= 0.6 is 22.9 Å². The standard InChI is InChI=1S/C14H23ClN2S/c1-10(2)8-12-9-17(7-6-16-12)11(3)13-4-5-14(15)18-13/h4-5,10-12,16H,6-9H2,1-3H3. The first-order valence-corrected chi connectivity index (χ1v) is 7.98. The van der Waals surface area contributed by atoms with Gasteiger partial charge in [0.15, 0.2) is 0 Å². The van der Waals surface area contributed by atoms with E-state index >= 15 is 0 Å². The average molecular weight is 287 g/mol. The smallest absolute Gasteiger partial charge is 0.0931 e. The molecule has 18 heavy (non-hydrogen) atoms. The van der Waals surface area contributed by atoms with Crippen molar-refractivity contribution in [2.45, 2.75) is 39.3 Å². The van der Waals surface area contributed by atoms with Gasteiger partial charge in [-0.1, -0.05) is 25.4 Å². The van der Waals surface area contributed by atoms with E-state index in [1.54, 1.807) is 11.3 Å². The highest BCUT2D eigenvalue weighted by Crippen LogP contribution is 2.31. The van der Waals surface area contributed by atoms with Gasteiger partial charge in [0.05, 0.1) is 4.34 Å². The van der Waals surface area contributed by atoms with Crippen molar-refractivity contribution in [2.75, 3.05) is 19.6 Å². The molecule has 0 spiro atoms. The van der Waals surface area contributed by atoms with Gasteiger partial charge in [-0.25, -0.2) is 0 Å². The summed E-state index contributed by atoms with van der Waals surface area (Å²) >= 11 is 7.74. The third kappa shape index (κ3) is 3.70. The normalized spacial score (nSPS) is 23.5. The molecule has 0 radical (unpaired) electrons. The summed E-state index contributed by atoms with van der Waals surface area (Å²) < 4.78 is 0.894. The highest BCUT2D eigenvalue weighted by atomic mass is 35.5. The van der Waals surface area contributed by atoms with Gasteiger partial charge in [-0.3, -0.25) is 4.90 Å². The second kappa shape index (κ2) is 6.38. The molecular formula is C14H23ClN2S. The highest BCUT2D eigenvalue weighted by molar-refractivity contribution is 7.16. The van der Waals surface area contributed by atoms with E-state index in [9.17, 15) is 0 Å². The third-order valence-electron chi connectivity index (χ3n) is 3.60. The average Bonchev–Trinajstić information content (AvgIpc) is 2.74. The Labute approximate surface area is 119 Å². The lowest BCUT2D eigenvalue weighted by Crippen LogP contribution is -2.51. The lowest BCUT2D eigenvalue weighted by Gasteiger charge is -2.37. The van der Waals surface area contributed by atoms with Gasteiger partial charge in [-0.15, -0.1) is 11.3 Å². The number of piperazine rings is 1. The summed E-state index contributed by atoms with van der Waals surface area (Å²) in [7, 11) is 0. The monoisotopic (exact) mass is 286 g/mol. The number of nitrogens with zero attached hydrogens (tertiary/aromatic N) is 1. The Morgan fingerprint density at radius 3 is 2.83 bits per heavy atom. The summed E-state index contributed by atoms with van der Waals surface area (Å²) in [5.74, 6) is 0.758. The number of nitrogens with one attached hydrogen (secondary N) is 1. The van der Waals surface area contributed by atoms with E-state index < -0.39 is 0 Å². The molecule has 2 nitrogen and oxygen atoms in total. The molecule has 1 aromatic heterocycles. The van der Waals surface area contributed by atoms with Gasteiger partial charge in [-0.05, 0) is 31.4 Å². The molecule has 4 heteroatoms. The summed E-state index contributed by atoms with van der Waals surface area (Å²) in [5, 5.41) is 3.63. The first-order chi connectivity index (χ1) is 8.56. The summed E-state index contributed by atoms with van der Waals surface area (Å²) in [6, 6.07) is 5.29. The van der Waals surface area contributed by atoms with E-state index in [-0.39, 0.29) is 0 Å². The van der Waals surface area contributed by atoms with Gasteiger partial charge in [-0.2, -0.15) is 0 Å². The van der Waals surface area contributed by atoms with Crippen LogP contribution in [0, 0.1) is 5.92 Å². The summed E-state index contributed by atoms with van der Waals surface area (Å²) in [5.41, 5.74) is 0. The first-order valence-electron chi connectivity index (χ1n) is 6.79. The minimum Gasteiger partial charge on any atom is -0.311 e. The van der Waals surface area contributed by atoms with E-state index in [1.165, 1.54) is 11.3 Å². The second-order valence-electron chi connectivity index (χ2n) is 5.59. The molecule has 1 N–H and O–H groups in total. The predicted octanol–water partition coefficient (Wildman–Crippen LogP) is 3.78. The van der Waals surface area contributed by atoms with Gasteiger partial charge < -0.3 is 5.32 Å². The van der Waals surface area contributed by atoms with Crippen LogP contribution in [0.1, 0.15) is 38.1 Å². The van der Waals surface area contributed by atoms with Crippen LogP contribution in [-0.4, -0.2) is 30.6 Å². The largest absolute Gasteiger partial charge is 0.311 e. The fourth-order valence-electron chi connectivity index (χ4n) is 2.66. The van der Waals surface area contributed by atoms with Crippen LogP contribution in [-0.2, 0) is 0 Å². The van der Waals surface area contributed by atoms with Crippen LogP contribution in [0.5, 0.6) is 0 Å². The topological polar surface area (TPSA) is 15.3 Å². The molecule has 1 aliphatic rings. The molecule has 0 amide bonds. The molecule has 1 saturated heterocycles. The number of halogens is 1. The van der Waals surface area contributed by atoms with Crippen LogP contribution in [0.15, 0.2) is 12.1 Å². The maximum atomic E-state index is 6.03. The molecule has 0 saturated carbocycles. The van der Waals surface area contributed by atoms with Crippen molar-refractivity contribution in [1.82, 2.24) is 10.2 Å². The zero-order valence-corrected chi connectivity index (χ0v) is 13.0. The molecule has 0 aromatic carbocycles. The summed E-state index contributed by atoms with van der Waals surface area (Å²) in [6.07, 6.45) is 1.26. The summed E-state index contributed by atoms with van der Waals surface area (Å²) in [4.78, 5) is 3.95. The van der Waals surface area contributed by atoms with E-state index in [0.717, 1.165) is 29.9 Å². The second-order valence-corrected chi connectivity index (χ2v) is 7.34. The SMILES string of the molecule is CC(C)CC1CN(C(C)c2ccc(Cl)s2)CCN1. The maximum absolute atomic E-state index is 6.03. The van der Waals surface area contributed by atoms with Crippen molar-refractivity contribution in [3.05, 3.63) is 21.3 Å². The van der Waals surface area contributed by atoms with Crippen molar-refractivity contribution >= 4 is 22.9 Å². The molecule has 2 heterocycles. The number of thiophene rings is 1. The Balaban J connectivity index is 1.95. The van der Waals surface area contributed by atoms with Crippen LogP contribution in [0.2, 0.25) is 4.34 Å². The molecule has 0 bridgehead atoms. The van der Waals surface area contributed by atoms with Crippen LogP contribution in [0.3, 0.4) is 0 Å². The van der Waals surface area contributed by atoms with Crippen molar-refractivity contribution < 1.29 is 0 Å². The molecule has 1 fully saturated rings. The predicted molar refractivity (Wildman–Crippen MR) is 80.6 cm³/mol. The lowest BCUT2D eigenvalue weighted by atomic mass is 10.0. The zero-order chi connectivity index (χ0) is 13.1. The van der Waals surface area contributed by atoms with Crippen LogP contribution < -0.4 is 5.32 Å². The molecule has 1 aromatic rings. The van der Waals surface area contributed by atoms with Gasteiger partial charge in [0.2, 0.25) is 0 Å². The molecule has 2 atom stereocenters. The fraction of sp³-hybridized carbons (Fsp3) is 0.714. The van der Waals surface area contributed by atoms with Crippen LogP contribution in [0.4, 0.5) is 0 Å². The van der Waals surface area contributed by atoms with Crippen molar-refractivity contribution in [1.29, 1.82) is 0 Å². The Morgan fingerprint density at radius 1 is 1.44 bits per heavy atom. The summed E-state index contributed by atoms with van der Waals surface area (Å²) in [6.45, 7) is 10.3. The molecule has 1 aliphatic heterocycles. The van der Waals surface area contributed by atoms with E-state index in [2.05, 4.69) is 37.1 Å². The molecule has 2 unspecified atom stereocenters. The van der Waals surface area contributed by atoms with E-state index in [0.29, 0.717) is 12.1 Å².